The zero-order valence-electron chi connectivity index (χ0n) is 13.2. The molecule has 7 nitrogen and oxygen atoms in total. The Morgan fingerprint density at radius 1 is 1.29 bits per heavy atom. The number of benzene rings is 1. The van der Waals surface area contributed by atoms with E-state index in [1.165, 1.54) is 5.56 Å². The van der Waals surface area contributed by atoms with Gasteiger partial charge in [-0.15, -0.1) is 0 Å². The molecule has 0 atom stereocenters. The van der Waals surface area contributed by atoms with Crippen molar-refractivity contribution in [3.05, 3.63) is 41.0 Å². The monoisotopic (exact) mass is 349 g/mol. The summed E-state index contributed by atoms with van der Waals surface area (Å²) in [4.78, 5) is 4.20. The molecule has 1 aliphatic heterocycles. The zero-order chi connectivity index (χ0) is 16.6. The van der Waals surface area contributed by atoms with Crippen molar-refractivity contribution < 1.29 is 17.7 Å². The summed E-state index contributed by atoms with van der Waals surface area (Å²) in [6, 6.07) is 6.10. The molecule has 1 aromatic carbocycles. The first-order chi connectivity index (χ1) is 11.6. The molecule has 0 amide bonds. The van der Waals surface area contributed by atoms with Gasteiger partial charge in [0.2, 0.25) is 15.9 Å². The first-order valence-electron chi connectivity index (χ1n) is 8.13. The van der Waals surface area contributed by atoms with Crippen LogP contribution >= 0.6 is 0 Å². The summed E-state index contributed by atoms with van der Waals surface area (Å²) in [6.07, 6.45) is 4.31. The number of ether oxygens (including phenoxy) is 1. The van der Waals surface area contributed by atoms with E-state index in [9.17, 15) is 8.42 Å². The maximum atomic E-state index is 11.9. The van der Waals surface area contributed by atoms with Crippen molar-refractivity contribution in [3.63, 3.8) is 0 Å². The number of hydrogen-bond acceptors (Lipinski definition) is 6. The first kappa shape index (κ1) is 15.6. The van der Waals surface area contributed by atoms with Crippen LogP contribution in [0.5, 0.6) is 5.75 Å². The van der Waals surface area contributed by atoms with Crippen molar-refractivity contribution in [2.45, 2.75) is 43.9 Å². The SMILES string of the molecule is O=S(=O)(Cc1noc(Cc2ccc3c(c2)CCCO3)n1)NC1CC1. The van der Waals surface area contributed by atoms with Crippen molar-refractivity contribution in [2.24, 2.45) is 0 Å². The highest BCUT2D eigenvalue weighted by Gasteiger charge is 2.28. The normalized spacial score (nSPS) is 17.3. The van der Waals surface area contributed by atoms with E-state index in [0.717, 1.165) is 43.6 Å². The van der Waals surface area contributed by atoms with Crippen molar-refractivity contribution in [2.75, 3.05) is 6.61 Å². The van der Waals surface area contributed by atoms with Gasteiger partial charge in [-0.05, 0) is 42.9 Å². The molecule has 0 bridgehead atoms. The molecular formula is C16H19N3O4S. The Morgan fingerprint density at radius 2 is 2.17 bits per heavy atom. The van der Waals surface area contributed by atoms with Crippen LogP contribution in [0.1, 0.15) is 42.1 Å². The molecule has 1 fully saturated rings. The maximum absolute atomic E-state index is 11.9. The summed E-state index contributed by atoms with van der Waals surface area (Å²) in [5.74, 6) is 1.31. The highest BCUT2D eigenvalue weighted by atomic mass is 32.2. The lowest BCUT2D eigenvalue weighted by Crippen LogP contribution is -2.27. The quantitative estimate of drug-likeness (QED) is 0.851. The second-order valence-electron chi connectivity index (χ2n) is 6.33. The van der Waals surface area contributed by atoms with E-state index in [2.05, 4.69) is 20.9 Å². The Balaban J connectivity index is 1.43. The molecule has 1 aliphatic carbocycles. The van der Waals surface area contributed by atoms with Gasteiger partial charge in [-0.2, -0.15) is 4.98 Å². The van der Waals surface area contributed by atoms with Gasteiger partial charge in [0.1, 0.15) is 11.5 Å². The van der Waals surface area contributed by atoms with E-state index < -0.39 is 10.0 Å². The number of aromatic nitrogens is 2. The molecule has 8 heteroatoms. The highest BCUT2D eigenvalue weighted by Crippen LogP contribution is 2.26. The fraction of sp³-hybridized carbons (Fsp3) is 0.500. The number of nitrogens with one attached hydrogen (secondary N) is 1. The third-order valence-corrected chi connectivity index (χ3v) is 5.41. The van der Waals surface area contributed by atoms with Crippen LogP contribution in [0.4, 0.5) is 0 Å². The molecule has 4 rings (SSSR count). The van der Waals surface area contributed by atoms with Gasteiger partial charge in [0.25, 0.3) is 0 Å². The van der Waals surface area contributed by atoms with E-state index in [4.69, 9.17) is 9.26 Å². The number of nitrogens with zero attached hydrogens (tertiary/aromatic N) is 2. The number of sulfonamides is 1. The van der Waals surface area contributed by atoms with Crippen LogP contribution in [0.3, 0.4) is 0 Å². The van der Waals surface area contributed by atoms with Gasteiger partial charge < -0.3 is 9.26 Å². The fourth-order valence-electron chi connectivity index (χ4n) is 2.79. The van der Waals surface area contributed by atoms with Crippen LogP contribution in [-0.2, 0) is 28.6 Å². The van der Waals surface area contributed by atoms with Crippen LogP contribution in [0.15, 0.2) is 22.7 Å². The minimum absolute atomic E-state index is 0.0825. The average molecular weight is 349 g/mol. The summed E-state index contributed by atoms with van der Waals surface area (Å²) < 4.78 is 37.3. The maximum Gasteiger partial charge on any atom is 0.231 e. The lowest BCUT2D eigenvalue weighted by molar-refractivity contribution is 0.288. The molecular weight excluding hydrogens is 330 g/mol. The Labute approximate surface area is 140 Å². The molecule has 0 radical (unpaired) electrons. The van der Waals surface area contributed by atoms with Crippen LogP contribution < -0.4 is 9.46 Å². The molecule has 0 unspecified atom stereocenters. The Hall–Kier alpha value is -1.93. The molecule has 2 aliphatic rings. The third-order valence-electron chi connectivity index (χ3n) is 4.08. The van der Waals surface area contributed by atoms with Crippen molar-refractivity contribution in [1.82, 2.24) is 14.9 Å². The van der Waals surface area contributed by atoms with Crippen molar-refractivity contribution >= 4 is 10.0 Å². The number of fused-ring (bicyclic) bond motifs is 1. The molecule has 2 aromatic rings. The molecule has 0 saturated heterocycles. The molecule has 0 spiro atoms. The van der Waals surface area contributed by atoms with Gasteiger partial charge in [0.05, 0.1) is 13.0 Å². The van der Waals surface area contributed by atoms with Crippen LogP contribution in [0.25, 0.3) is 0 Å². The van der Waals surface area contributed by atoms with Gasteiger partial charge >= 0.3 is 0 Å². The van der Waals surface area contributed by atoms with Crippen LogP contribution in [0.2, 0.25) is 0 Å². The smallest absolute Gasteiger partial charge is 0.231 e. The molecule has 24 heavy (non-hydrogen) atoms. The summed E-state index contributed by atoms with van der Waals surface area (Å²) in [7, 11) is -3.39. The van der Waals surface area contributed by atoms with Gasteiger partial charge in [0.15, 0.2) is 5.82 Å². The topological polar surface area (TPSA) is 94.3 Å². The van der Waals surface area contributed by atoms with Crippen molar-refractivity contribution in [3.8, 4) is 5.75 Å². The fourth-order valence-corrected chi connectivity index (χ4v) is 4.07. The molecule has 1 saturated carbocycles. The van der Waals surface area contributed by atoms with E-state index in [-0.39, 0.29) is 17.6 Å². The van der Waals surface area contributed by atoms with Crippen LogP contribution in [0, 0.1) is 0 Å². The minimum Gasteiger partial charge on any atom is -0.493 e. The second kappa shape index (κ2) is 6.18. The number of aryl methyl sites for hydroxylation is 1. The van der Waals surface area contributed by atoms with Gasteiger partial charge in [-0.3, -0.25) is 0 Å². The molecule has 128 valence electrons. The molecule has 2 heterocycles. The lowest BCUT2D eigenvalue weighted by Gasteiger charge is -2.17. The minimum atomic E-state index is -3.39. The second-order valence-corrected chi connectivity index (χ2v) is 8.08. The van der Waals surface area contributed by atoms with E-state index in [1.54, 1.807) is 0 Å². The number of rotatable bonds is 6. The molecule has 1 N–H and O–H groups in total. The predicted molar refractivity (Wildman–Crippen MR) is 86.1 cm³/mol. The Bertz CT molecular complexity index is 843. The largest absolute Gasteiger partial charge is 0.493 e. The Morgan fingerprint density at radius 3 is 3.00 bits per heavy atom. The third kappa shape index (κ3) is 3.76. The summed E-state index contributed by atoms with van der Waals surface area (Å²) >= 11 is 0. The van der Waals surface area contributed by atoms with E-state index in [1.807, 2.05) is 12.1 Å². The van der Waals surface area contributed by atoms with Gasteiger partial charge in [0, 0.05) is 6.04 Å². The van der Waals surface area contributed by atoms with E-state index >= 15 is 0 Å². The average Bonchev–Trinajstić information content (AvgIpc) is 3.25. The predicted octanol–water partition coefficient (Wildman–Crippen LogP) is 1.57. The van der Waals surface area contributed by atoms with Gasteiger partial charge in [-0.25, -0.2) is 13.1 Å². The van der Waals surface area contributed by atoms with E-state index in [0.29, 0.717) is 12.3 Å². The van der Waals surface area contributed by atoms with Crippen molar-refractivity contribution in [1.29, 1.82) is 0 Å². The number of hydrogen-bond donors (Lipinski definition) is 1. The first-order valence-corrected chi connectivity index (χ1v) is 9.79. The Kier molecular flexibility index (Phi) is 4.01. The summed E-state index contributed by atoms with van der Waals surface area (Å²) in [5, 5.41) is 3.78. The summed E-state index contributed by atoms with van der Waals surface area (Å²) in [6.45, 7) is 0.767. The lowest BCUT2D eigenvalue weighted by atomic mass is 10.0. The zero-order valence-corrected chi connectivity index (χ0v) is 14.0. The standard InChI is InChI=1S/C16H19N3O4S/c20-24(21,19-13-4-5-13)10-15-17-16(23-18-15)9-11-3-6-14-12(8-11)2-1-7-22-14/h3,6,8,13,19H,1-2,4-5,7,9-10H2. The van der Waals surface area contributed by atoms with Gasteiger partial charge in [-0.1, -0.05) is 17.3 Å². The van der Waals surface area contributed by atoms with Crippen LogP contribution in [-0.4, -0.2) is 31.2 Å². The summed E-state index contributed by atoms with van der Waals surface area (Å²) in [5.41, 5.74) is 2.24. The molecule has 1 aromatic heterocycles. The highest BCUT2D eigenvalue weighted by molar-refractivity contribution is 7.88.